The van der Waals surface area contributed by atoms with Gasteiger partial charge in [0.15, 0.2) is 0 Å². The molecule has 0 saturated carbocycles. The Morgan fingerprint density at radius 3 is 2.44 bits per heavy atom. The zero-order valence-electron chi connectivity index (χ0n) is 12.7. The molecule has 0 spiro atoms. The van der Waals surface area contributed by atoms with Gasteiger partial charge in [0.05, 0.1) is 15.6 Å². The lowest BCUT2D eigenvalue weighted by Gasteiger charge is -2.06. The van der Waals surface area contributed by atoms with E-state index in [1.54, 1.807) is 30.5 Å². The predicted molar refractivity (Wildman–Crippen MR) is 93.5 cm³/mol. The Balaban J connectivity index is 1.74. The number of carbonyl (C=O) groups excluding carboxylic acids is 1. The van der Waals surface area contributed by atoms with Crippen LogP contribution in [0.25, 0.3) is 11.3 Å². The van der Waals surface area contributed by atoms with Crippen molar-refractivity contribution in [3.05, 3.63) is 81.8 Å². The van der Waals surface area contributed by atoms with Crippen molar-refractivity contribution in [3.63, 3.8) is 0 Å². The zero-order chi connectivity index (χ0) is 17.8. The van der Waals surface area contributed by atoms with Crippen LogP contribution in [0.3, 0.4) is 0 Å². The third-order valence-corrected chi connectivity index (χ3v) is 3.67. The molecule has 0 saturated heterocycles. The fourth-order valence-corrected chi connectivity index (χ4v) is 2.36. The van der Waals surface area contributed by atoms with Gasteiger partial charge in [-0.3, -0.25) is 24.9 Å². The average molecular weight is 355 g/mol. The lowest BCUT2D eigenvalue weighted by molar-refractivity contribution is -0.384. The summed E-state index contributed by atoms with van der Waals surface area (Å²) in [7, 11) is 0. The van der Waals surface area contributed by atoms with Crippen LogP contribution < -0.4 is 5.32 Å². The number of hydrogen-bond acceptors (Lipinski definition) is 5. The van der Waals surface area contributed by atoms with Gasteiger partial charge < -0.3 is 5.32 Å². The molecule has 3 aromatic rings. The van der Waals surface area contributed by atoms with Gasteiger partial charge in [-0.05, 0) is 36.4 Å². The zero-order valence-corrected chi connectivity index (χ0v) is 13.5. The predicted octanol–water partition coefficient (Wildman–Crippen LogP) is 3.96. The van der Waals surface area contributed by atoms with Gasteiger partial charge in [0.25, 0.3) is 11.6 Å². The molecular weight excluding hydrogens is 344 g/mol. The van der Waals surface area contributed by atoms with Crippen LogP contribution >= 0.6 is 11.6 Å². The van der Waals surface area contributed by atoms with E-state index >= 15 is 0 Å². The van der Waals surface area contributed by atoms with Crippen molar-refractivity contribution in [2.75, 3.05) is 5.32 Å². The van der Waals surface area contributed by atoms with Crippen LogP contribution in [0.5, 0.6) is 0 Å². The number of pyridine rings is 2. The molecule has 0 unspecified atom stereocenters. The highest BCUT2D eigenvalue weighted by Gasteiger charge is 2.11. The van der Waals surface area contributed by atoms with Crippen LogP contribution in [-0.2, 0) is 0 Å². The molecule has 3 rings (SSSR count). The van der Waals surface area contributed by atoms with E-state index in [2.05, 4.69) is 15.3 Å². The summed E-state index contributed by atoms with van der Waals surface area (Å²) in [5.41, 5.74) is 1.87. The molecule has 0 aliphatic carbocycles. The number of nitro groups is 1. The Bertz CT molecular complexity index is 927. The third kappa shape index (κ3) is 3.78. The maximum atomic E-state index is 12.2. The fourth-order valence-electron chi connectivity index (χ4n) is 2.13. The van der Waals surface area contributed by atoms with E-state index in [0.717, 1.165) is 0 Å². The number of halogens is 1. The molecule has 2 heterocycles. The number of nitro benzene ring substituents is 1. The van der Waals surface area contributed by atoms with Crippen molar-refractivity contribution in [1.82, 2.24) is 9.97 Å². The Morgan fingerprint density at radius 2 is 1.84 bits per heavy atom. The van der Waals surface area contributed by atoms with Crippen LogP contribution in [0, 0.1) is 10.1 Å². The number of nitrogens with one attached hydrogen (secondary N) is 1. The average Bonchev–Trinajstić information content (AvgIpc) is 2.63. The molecule has 0 radical (unpaired) electrons. The first-order valence-corrected chi connectivity index (χ1v) is 7.55. The number of benzene rings is 1. The molecule has 0 aliphatic rings. The van der Waals surface area contributed by atoms with Gasteiger partial charge in [0.2, 0.25) is 0 Å². The molecule has 0 aliphatic heterocycles. The monoisotopic (exact) mass is 354 g/mol. The second-order valence-corrected chi connectivity index (χ2v) is 5.43. The number of rotatable bonds is 4. The topological polar surface area (TPSA) is 98.0 Å². The molecule has 0 atom stereocenters. The Morgan fingerprint density at radius 1 is 1.08 bits per heavy atom. The van der Waals surface area contributed by atoms with Crippen molar-refractivity contribution in [2.45, 2.75) is 0 Å². The second kappa shape index (κ2) is 7.06. The van der Waals surface area contributed by atoms with Crippen LogP contribution in [0.4, 0.5) is 11.4 Å². The van der Waals surface area contributed by atoms with Crippen molar-refractivity contribution in [2.24, 2.45) is 0 Å². The minimum atomic E-state index is -0.505. The Hall–Kier alpha value is -3.32. The van der Waals surface area contributed by atoms with E-state index in [1.807, 2.05) is 0 Å². The number of amides is 1. The summed E-state index contributed by atoms with van der Waals surface area (Å²) >= 11 is 6.09. The van der Waals surface area contributed by atoms with Crippen LogP contribution in [-0.4, -0.2) is 20.8 Å². The molecule has 1 N–H and O–H groups in total. The summed E-state index contributed by atoms with van der Waals surface area (Å²) in [4.78, 5) is 30.6. The number of non-ortho nitro benzene ring substituents is 1. The van der Waals surface area contributed by atoms with Crippen LogP contribution in [0.2, 0.25) is 5.02 Å². The molecule has 25 heavy (non-hydrogen) atoms. The maximum absolute atomic E-state index is 12.2. The quantitative estimate of drug-likeness (QED) is 0.565. The minimum absolute atomic E-state index is 0.0484. The van der Waals surface area contributed by atoms with Gasteiger partial charge in [-0.15, -0.1) is 0 Å². The summed E-state index contributed by atoms with van der Waals surface area (Å²) in [6, 6.07) is 12.2. The SMILES string of the molecule is O=C(Nc1ccc([N+](=O)[O-])cc1)c1ccc(-c2ncccc2Cl)cn1. The molecule has 0 fully saturated rings. The minimum Gasteiger partial charge on any atom is -0.321 e. The molecule has 7 nitrogen and oxygen atoms in total. The van der Waals surface area contributed by atoms with Crippen molar-refractivity contribution in [3.8, 4) is 11.3 Å². The van der Waals surface area contributed by atoms with Gasteiger partial charge in [-0.25, -0.2) is 0 Å². The Labute approximate surface area is 147 Å². The van der Waals surface area contributed by atoms with Crippen LogP contribution in [0.1, 0.15) is 10.5 Å². The summed E-state index contributed by atoms with van der Waals surface area (Å²) in [6.45, 7) is 0. The number of carbonyl (C=O) groups is 1. The lowest BCUT2D eigenvalue weighted by atomic mass is 10.1. The molecule has 124 valence electrons. The molecule has 8 heteroatoms. The first-order chi connectivity index (χ1) is 12.0. The van der Waals surface area contributed by atoms with Gasteiger partial charge in [0.1, 0.15) is 5.69 Å². The third-order valence-electron chi connectivity index (χ3n) is 3.36. The first kappa shape index (κ1) is 16.5. The van der Waals surface area contributed by atoms with Crippen molar-refractivity contribution < 1.29 is 9.72 Å². The van der Waals surface area contributed by atoms with E-state index in [9.17, 15) is 14.9 Å². The normalized spacial score (nSPS) is 10.3. The molecule has 0 bridgehead atoms. The highest BCUT2D eigenvalue weighted by molar-refractivity contribution is 6.33. The standard InChI is InChI=1S/C17H11ClN4O3/c18-14-2-1-9-19-16(14)11-3-8-15(20-10-11)17(23)21-12-4-6-13(7-5-12)22(24)25/h1-10H,(H,21,23). The van der Waals surface area contributed by atoms with E-state index in [1.165, 1.54) is 30.5 Å². The van der Waals surface area contributed by atoms with E-state index in [4.69, 9.17) is 11.6 Å². The fraction of sp³-hybridized carbons (Fsp3) is 0. The summed E-state index contributed by atoms with van der Waals surface area (Å²) in [5.74, 6) is -0.424. The highest BCUT2D eigenvalue weighted by atomic mass is 35.5. The molecule has 1 amide bonds. The number of hydrogen-bond donors (Lipinski definition) is 1. The Kier molecular flexibility index (Phi) is 4.67. The van der Waals surface area contributed by atoms with Gasteiger partial charge in [-0.1, -0.05) is 11.6 Å². The maximum Gasteiger partial charge on any atom is 0.274 e. The van der Waals surface area contributed by atoms with E-state index in [0.29, 0.717) is 22.0 Å². The second-order valence-electron chi connectivity index (χ2n) is 5.02. The first-order valence-electron chi connectivity index (χ1n) is 7.17. The van der Waals surface area contributed by atoms with E-state index in [-0.39, 0.29) is 11.4 Å². The van der Waals surface area contributed by atoms with Gasteiger partial charge in [0, 0.05) is 35.8 Å². The summed E-state index contributed by atoms with van der Waals surface area (Å²) in [5, 5.41) is 13.7. The lowest BCUT2D eigenvalue weighted by Crippen LogP contribution is -2.13. The highest BCUT2D eigenvalue weighted by Crippen LogP contribution is 2.24. The van der Waals surface area contributed by atoms with Crippen molar-refractivity contribution >= 4 is 28.9 Å². The van der Waals surface area contributed by atoms with Crippen molar-refractivity contribution in [1.29, 1.82) is 0 Å². The molecule has 1 aromatic carbocycles. The summed E-state index contributed by atoms with van der Waals surface area (Å²) in [6.07, 6.45) is 3.13. The van der Waals surface area contributed by atoms with Gasteiger partial charge >= 0.3 is 0 Å². The number of nitrogens with zero attached hydrogens (tertiary/aromatic N) is 3. The largest absolute Gasteiger partial charge is 0.321 e. The molecular formula is C17H11ClN4O3. The van der Waals surface area contributed by atoms with E-state index < -0.39 is 10.8 Å². The molecule has 2 aromatic heterocycles. The number of aromatic nitrogens is 2. The summed E-state index contributed by atoms with van der Waals surface area (Å²) < 4.78 is 0. The van der Waals surface area contributed by atoms with Gasteiger partial charge in [-0.2, -0.15) is 0 Å². The van der Waals surface area contributed by atoms with Crippen LogP contribution in [0.15, 0.2) is 60.9 Å². The smallest absolute Gasteiger partial charge is 0.274 e. The number of anilines is 1.